The number of hydrogen-bond donors (Lipinski definition) is 1. The van der Waals surface area contributed by atoms with Crippen LogP contribution < -0.4 is 10.2 Å². The lowest BCUT2D eigenvalue weighted by Crippen LogP contribution is -2.31. The van der Waals surface area contributed by atoms with E-state index >= 15 is 0 Å². The molecule has 0 aliphatic carbocycles. The average Bonchev–Trinajstić information content (AvgIpc) is 3.30. The van der Waals surface area contributed by atoms with Gasteiger partial charge in [0.2, 0.25) is 5.88 Å². The molecule has 0 atom stereocenters. The zero-order chi connectivity index (χ0) is 25.4. The molecule has 3 amide bonds. The minimum atomic E-state index is -0.643. The van der Waals surface area contributed by atoms with Crippen molar-refractivity contribution in [1.29, 1.82) is 5.26 Å². The quantitative estimate of drug-likeness (QED) is 0.407. The molecule has 0 saturated heterocycles. The summed E-state index contributed by atoms with van der Waals surface area (Å²) in [6, 6.07) is 11.8. The molecule has 0 radical (unpaired) electrons. The monoisotopic (exact) mass is 469 g/mol. The Hall–Kier alpha value is -4.51. The van der Waals surface area contributed by atoms with Crippen molar-refractivity contribution in [2.45, 2.75) is 40.5 Å². The number of para-hydroxylation sites is 1. The summed E-state index contributed by atoms with van der Waals surface area (Å²) in [5.74, 6) is -1.86. The molecule has 8 nitrogen and oxygen atoms in total. The van der Waals surface area contributed by atoms with Crippen molar-refractivity contribution in [2.24, 2.45) is 0 Å². The van der Waals surface area contributed by atoms with E-state index in [0.29, 0.717) is 18.5 Å². The predicted molar refractivity (Wildman–Crippen MR) is 129 cm³/mol. The van der Waals surface area contributed by atoms with E-state index in [1.165, 1.54) is 36.9 Å². The first-order valence-electron chi connectivity index (χ1n) is 11.2. The van der Waals surface area contributed by atoms with Crippen LogP contribution in [0.4, 0.5) is 11.6 Å². The number of nitriles is 1. The third-order valence-corrected chi connectivity index (χ3v) is 6.11. The first-order chi connectivity index (χ1) is 16.7. The number of carbonyl (C=O) groups excluding carboxylic acids is 4. The largest absolute Gasteiger partial charge is 0.443 e. The summed E-state index contributed by atoms with van der Waals surface area (Å²) in [5, 5.41) is 12.0. The number of hydrogen-bond acceptors (Lipinski definition) is 6. The molecule has 0 fully saturated rings. The van der Waals surface area contributed by atoms with E-state index in [1.54, 1.807) is 0 Å². The van der Waals surface area contributed by atoms with Crippen LogP contribution in [-0.2, 0) is 12.8 Å². The minimum absolute atomic E-state index is 0.0646. The average molecular weight is 469 g/mol. The summed E-state index contributed by atoms with van der Waals surface area (Å²) >= 11 is 0. The van der Waals surface area contributed by atoms with Gasteiger partial charge in [-0.2, -0.15) is 5.26 Å². The van der Waals surface area contributed by atoms with Crippen molar-refractivity contribution in [3.05, 3.63) is 81.1 Å². The Kier molecular flexibility index (Phi) is 6.10. The summed E-state index contributed by atoms with van der Waals surface area (Å²) in [6.07, 6.45) is 1.30. The molecule has 0 bridgehead atoms. The smallest absolute Gasteiger partial charge is 0.266 e. The third-order valence-electron chi connectivity index (χ3n) is 6.11. The molecule has 1 N–H and O–H groups in total. The molecule has 8 heteroatoms. The molecule has 1 aliphatic heterocycles. The molecule has 35 heavy (non-hydrogen) atoms. The topological polar surface area (TPSA) is 120 Å². The Bertz CT molecular complexity index is 1440. The van der Waals surface area contributed by atoms with E-state index in [1.807, 2.05) is 38.1 Å². The Morgan fingerprint density at radius 3 is 2.23 bits per heavy atom. The number of fused-ring (bicyclic) bond motifs is 1. The second-order valence-corrected chi connectivity index (χ2v) is 8.20. The minimum Gasteiger partial charge on any atom is -0.443 e. The van der Waals surface area contributed by atoms with Gasteiger partial charge in [-0.05, 0) is 56.0 Å². The van der Waals surface area contributed by atoms with Crippen molar-refractivity contribution >= 4 is 35.1 Å². The van der Waals surface area contributed by atoms with Crippen LogP contribution in [0.3, 0.4) is 0 Å². The Labute approximate surface area is 202 Å². The number of aryl methyl sites for hydroxylation is 3. The fourth-order valence-electron chi connectivity index (χ4n) is 4.43. The highest BCUT2D eigenvalue weighted by molar-refractivity contribution is 6.35. The molecule has 0 spiro atoms. The number of nitrogens with one attached hydrogen (secondary N) is 1. The maximum Gasteiger partial charge on any atom is 0.266 e. The summed E-state index contributed by atoms with van der Waals surface area (Å²) in [4.78, 5) is 52.6. The number of carbonyl (C=O) groups is 4. The van der Waals surface area contributed by atoms with Gasteiger partial charge >= 0.3 is 0 Å². The van der Waals surface area contributed by atoms with Gasteiger partial charge in [0.15, 0.2) is 5.78 Å². The highest BCUT2D eigenvalue weighted by atomic mass is 16.4. The van der Waals surface area contributed by atoms with Crippen molar-refractivity contribution < 1.29 is 23.6 Å². The van der Waals surface area contributed by atoms with Crippen molar-refractivity contribution in [3.63, 3.8) is 0 Å². The van der Waals surface area contributed by atoms with Crippen LogP contribution in [0.2, 0.25) is 0 Å². The van der Waals surface area contributed by atoms with Gasteiger partial charge in [-0.15, -0.1) is 0 Å². The van der Waals surface area contributed by atoms with Crippen LogP contribution in [0.15, 0.2) is 40.8 Å². The molecular weight excluding hydrogens is 446 g/mol. The lowest BCUT2D eigenvalue weighted by Gasteiger charge is -2.21. The molecule has 4 rings (SSSR count). The van der Waals surface area contributed by atoms with Gasteiger partial charge in [0.1, 0.15) is 17.4 Å². The zero-order valence-corrected chi connectivity index (χ0v) is 19.8. The van der Waals surface area contributed by atoms with E-state index in [4.69, 9.17) is 4.42 Å². The number of benzene rings is 2. The molecule has 2 heterocycles. The summed E-state index contributed by atoms with van der Waals surface area (Å²) < 4.78 is 5.44. The summed E-state index contributed by atoms with van der Waals surface area (Å²) in [7, 11) is 0. The van der Waals surface area contributed by atoms with Gasteiger partial charge in [0, 0.05) is 5.56 Å². The molecule has 176 valence electrons. The Morgan fingerprint density at radius 1 is 1.03 bits per heavy atom. The van der Waals surface area contributed by atoms with E-state index < -0.39 is 17.7 Å². The molecule has 3 aromatic rings. The van der Waals surface area contributed by atoms with Crippen LogP contribution in [0, 0.1) is 18.3 Å². The maximum atomic E-state index is 13.4. The van der Waals surface area contributed by atoms with Crippen LogP contribution in [0.5, 0.6) is 0 Å². The standard InChI is InChI=1S/C27H23N3O5/c1-5-16-8-7-9-17(6-2)23(16)30-26(33)19-11-10-18(12-20(19)27(30)34)24(32)29-25-21(13-28)22(14(3)31)15(4)35-25/h7-12H,5-6H2,1-4H3,(H,29,32). The number of anilines is 2. The fraction of sp³-hybridized carbons (Fsp3) is 0.222. The Morgan fingerprint density at radius 2 is 1.66 bits per heavy atom. The van der Waals surface area contributed by atoms with Crippen LogP contribution >= 0.6 is 0 Å². The summed E-state index contributed by atoms with van der Waals surface area (Å²) in [6.45, 7) is 6.75. The first-order valence-corrected chi connectivity index (χ1v) is 11.2. The lowest BCUT2D eigenvalue weighted by atomic mass is 10.0. The number of imide groups is 1. The van der Waals surface area contributed by atoms with Gasteiger partial charge < -0.3 is 4.42 Å². The van der Waals surface area contributed by atoms with Crippen molar-refractivity contribution in [1.82, 2.24) is 0 Å². The van der Waals surface area contributed by atoms with Crippen molar-refractivity contribution in [3.8, 4) is 6.07 Å². The molecule has 0 saturated carbocycles. The molecule has 0 unspecified atom stereocenters. The maximum absolute atomic E-state index is 13.4. The number of Topliss-reactive ketones (excluding diaryl/α,β-unsaturated/α-hetero) is 1. The fourth-order valence-corrected chi connectivity index (χ4v) is 4.43. The zero-order valence-electron chi connectivity index (χ0n) is 19.8. The van der Waals surface area contributed by atoms with Gasteiger partial charge in [-0.25, -0.2) is 4.90 Å². The van der Waals surface area contributed by atoms with E-state index in [9.17, 15) is 24.4 Å². The van der Waals surface area contributed by atoms with E-state index in [-0.39, 0.29) is 45.2 Å². The number of amides is 3. The molecule has 2 aromatic carbocycles. The molecular formula is C27H23N3O5. The highest BCUT2D eigenvalue weighted by Crippen LogP contribution is 2.35. The van der Waals surface area contributed by atoms with Crippen LogP contribution in [0.1, 0.15) is 84.7 Å². The summed E-state index contributed by atoms with van der Waals surface area (Å²) in [5.41, 5.74) is 2.84. The molecule has 1 aromatic heterocycles. The lowest BCUT2D eigenvalue weighted by molar-refractivity contribution is 0.0923. The van der Waals surface area contributed by atoms with Crippen LogP contribution in [0.25, 0.3) is 0 Å². The predicted octanol–water partition coefficient (Wildman–Crippen LogP) is 4.84. The van der Waals surface area contributed by atoms with Gasteiger partial charge in [0.05, 0.1) is 22.4 Å². The second-order valence-electron chi connectivity index (χ2n) is 8.20. The second kappa shape index (κ2) is 9.03. The van der Waals surface area contributed by atoms with E-state index in [2.05, 4.69) is 5.32 Å². The van der Waals surface area contributed by atoms with E-state index in [0.717, 1.165) is 11.1 Å². The Balaban J connectivity index is 1.70. The number of nitrogens with zero attached hydrogens (tertiary/aromatic N) is 2. The van der Waals surface area contributed by atoms with Crippen molar-refractivity contribution in [2.75, 3.05) is 10.2 Å². The number of rotatable bonds is 6. The first kappa shape index (κ1) is 23.6. The van der Waals surface area contributed by atoms with Gasteiger partial charge in [-0.3, -0.25) is 24.5 Å². The SMILES string of the molecule is CCc1cccc(CC)c1N1C(=O)c2ccc(C(=O)Nc3oc(C)c(C(C)=O)c3C#N)cc2C1=O. The molecule has 1 aliphatic rings. The van der Waals surface area contributed by atoms with Crippen LogP contribution in [-0.4, -0.2) is 23.5 Å². The van der Waals surface area contributed by atoms with Gasteiger partial charge in [-0.1, -0.05) is 32.0 Å². The normalized spacial score (nSPS) is 12.5. The number of ketones is 1. The number of furan rings is 1. The highest BCUT2D eigenvalue weighted by Gasteiger charge is 2.39. The third kappa shape index (κ3) is 3.81. The van der Waals surface area contributed by atoms with Gasteiger partial charge in [0.25, 0.3) is 17.7 Å².